The number of aromatic nitrogens is 1. The van der Waals surface area contributed by atoms with Gasteiger partial charge in [-0.15, -0.1) is 11.3 Å². The quantitative estimate of drug-likeness (QED) is 0.720. The molecule has 0 N–H and O–H groups in total. The van der Waals surface area contributed by atoms with Crippen molar-refractivity contribution in [1.82, 2.24) is 4.98 Å². The Kier molecular flexibility index (Phi) is 2.52. The molecule has 1 nitrogen and oxygen atoms in total. The van der Waals surface area contributed by atoms with Crippen molar-refractivity contribution < 1.29 is 4.39 Å². The lowest BCUT2D eigenvalue weighted by molar-refractivity contribution is 0.619. The first kappa shape index (κ1) is 9.62. The Labute approximate surface area is 90.2 Å². The van der Waals surface area contributed by atoms with Crippen LogP contribution in [0, 0.1) is 12.7 Å². The van der Waals surface area contributed by atoms with Gasteiger partial charge in [-0.05, 0) is 18.6 Å². The number of hydrogen-bond acceptors (Lipinski definition) is 2. The van der Waals surface area contributed by atoms with Crippen molar-refractivity contribution >= 4 is 22.9 Å². The molecule has 0 aliphatic carbocycles. The molecule has 0 aliphatic rings. The van der Waals surface area contributed by atoms with Gasteiger partial charge in [-0.25, -0.2) is 9.37 Å². The zero-order valence-electron chi connectivity index (χ0n) is 7.42. The molecule has 1 aromatic carbocycles. The maximum atomic E-state index is 13.4. The van der Waals surface area contributed by atoms with Crippen LogP contribution in [0.2, 0.25) is 5.02 Å². The van der Waals surface area contributed by atoms with E-state index in [1.165, 1.54) is 11.3 Å². The van der Waals surface area contributed by atoms with Gasteiger partial charge in [-0.1, -0.05) is 17.7 Å². The standard InChI is InChI=1S/C10H7ClFNS/c1-6-7(9-4-14-5-13-9)2-3-8(11)10(6)12/h2-5H,1H3. The Hall–Kier alpha value is -0.930. The summed E-state index contributed by atoms with van der Waals surface area (Å²) in [6.45, 7) is 1.70. The van der Waals surface area contributed by atoms with Gasteiger partial charge < -0.3 is 0 Å². The first-order chi connectivity index (χ1) is 6.70. The molecule has 2 rings (SSSR count). The lowest BCUT2D eigenvalue weighted by Crippen LogP contribution is -1.89. The van der Waals surface area contributed by atoms with Crippen LogP contribution in [0.4, 0.5) is 4.39 Å². The van der Waals surface area contributed by atoms with E-state index in [0.29, 0.717) is 5.56 Å². The lowest BCUT2D eigenvalue weighted by Gasteiger charge is -2.04. The third kappa shape index (κ3) is 1.53. The fraction of sp³-hybridized carbons (Fsp3) is 0.100. The van der Waals surface area contributed by atoms with Crippen LogP contribution in [0.15, 0.2) is 23.0 Å². The first-order valence-corrected chi connectivity index (χ1v) is 5.35. The summed E-state index contributed by atoms with van der Waals surface area (Å²) in [6.07, 6.45) is 0. The van der Waals surface area contributed by atoms with Crippen molar-refractivity contribution in [3.63, 3.8) is 0 Å². The molecule has 0 atom stereocenters. The van der Waals surface area contributed by atoms with Gasteiger partial charge in [0.2, 0.25) is 0 Å². The fourth-order valence-electron chi connectivity index (χ4n) is 1.28. The topological polar surface area (TPSA) is 12.9 Å². The van der Waals surface area contributed by atoms with Crippen molar-refractivity contribution in [3.8, 4) is 11.3 Å². The van der Waals surface area contributed by atoms with Gasteiger partial charge in [0, 0.05) is 10.9 Å². The second kappa shape index (κ2) is 3.67. The van der Waals surface area contributed by atoms with E-state index in [1.807, 2.05) is 5.38 Å². The summed E-state index contributed by atoms with van der Waals surface area (Å²) in [5.74, 6) is -0.364. The average molecular weight is 228 g/mol. The lowest BCUT2D eigenvalue weighted by atomic mass is 10.1. The van der Waals surface area contributed by atoms with Gasteiger partial charge in [-0.2, -0.15) is 0 Å². The summed E-state index contributed by atoms with van der Waals surface area (Å²) in [6, 6.07) is 3.34. The second-order valence-corrected chi connectivity index (χ2v) is 4.03. The van der Waals surface area contributed by atoms with Crippen LogP contribution in [-0.4, -0.2) is 4.98 Å². The Morgan fingerprint density at radius 3 is 2.86 bits per heavy atom. The molecule has 1 heterocycles. The molecule has 72 valence electrons. The van der Waals surface area contributed by atoms with Gasteiger partial charge >= 0.3 is 0 Å². The van der Waals surface area contributed by atoms with Gasteiger partial charge in [0.05, 0.1) is 16.2 Å². The largest absolute Gasteiger partial charge is 0.245 e. The zero-order valence-corrected chi connectivity index (χ0v) is 8.99. The Morgan fingerprint density at radius 2 is 2.21 bits per heavy atom. The van der Waals surface area contributed by atoms with E-state index in [1.54, 1.807) is 24.6 Å². The summed E-state index contributed by atoms with van der Waals surface area (Å²) in [7, 11) is 0. The van der Waals surface area contributed by atoms with E-state index < -0.39 is 0 Å². The van der Waals surface area contributed by atoms with Crippen LogP contribution >= 0.6 is 22.9 Å². The van der Waals surface area contributed by atoms with E-state index in [2.05, 4.69) is 4.98 Å². The minimum atomic E-state index is -0.364. The number of thiazole rings is 1. The highest BCUT2D eigenvalue weighted by Crippen LogP contribution is 2.28. The molecule has 0 aliphatic heterocycles. The molecule has 0 radical (unpaired) electrons. The van der Waals surface area contributed by atoms with Gasteiger partial charge in [-0.3, -0.25) is 0 Å². The molecule has 2 aromatic rings. The average Bonchev–Trinajstić information content (AvgIpc) is 2.67. The van der Waals surface area contributed by atoms with E-state index in [9.17, 15) is 4.39 Å². The first-order valence-electron chi connectivity index (χ1n) is 4.03. The van der Waals surface area contributed by atoms with Crippen molar-refractivity contribution in [2.24, 2.45) is 0 Å². The summed E-state index contributed by atoms with van der Waals surface area (Å²) < 4.78 is 13.4. The molecule has 0 bridgehead atoms. The Morgan fingerprint density at radius 1 is 1.43 bits per heavy atom. The number of benzene rings is 1. The fourth-order valence-corrected chi connectivity index (χ4v) is 2.03. The summed E-state index contributed by atoms with van der Waals surface area (Å²) in [4.78, 5) is 4.13. The highest BCUT2D eigenvalue weighted by atomic mass is 35.5. The van der Waals surface area contributed by atoms with Crippen LogP contribution in [0.5, 0.6) is 0 Å². The summed E-state index contributed by atoms with van der Waals surface area (Å²) in [5.41, 5.74) is 3.86. The number of nitrogens with zero attached hydrogens (tertiary/aromatic N) is 1. The van der Waals surface area contributed by atoms with Crippen LogP contribution in [0.25, 0.3) is 11.3 Å². The molecule has 0 saturated heterocycles. The Balaban J connectivity index is 2.61. The number of hydrogen-bond donors (Lipinski definition) is 0. The molecule has 0 amide bonds. The van der Waals surface area contributed by atoms with E-state index in [4.69, 9.17) is 11.6 Å². The summed E-state index contributed by atoms with van der Waals surface area (Å²) in [5, 5.41) is 2.04. The SMILES string of the molecule is Cc1c(-c2cscn2)ccc(Cl)c1F. The van der Waals surface area contributed by atoms with Gasteiger partial charge in [0.1, 0.15) is 5.82 Å². The maximum Gasteiger partial charge on any atom is 0.145 e. The predicted octanol–water partition coefficient (Wildman–Crippen LogP) is 3.91. The van der Waals surface area contributed by atoms with Crippen LogP contribution in [0.1, 0.15) is 5.56 Å². The van der Waals surface area contributed by atoms with Crippen LogP contribution in [-0.2, 0) is 0 Å². The van der Waals surface area contributed by atoms with Crippen LogP contribution < -0.4 is 0 Å². The predicted molar refractivity (Wildman–Crippen MR) is 57.3 cm³/mol. The maximum absolute atomic E-state index is 13.4. The minimum Gasteiger partial charge on any atom is -0.245 e. The smallest absolute Gasteiger partial charge is 0.145 e. The highest BCUT2D eigenvalue weighted by molar-refractivity contribution is 7.07. The molecule has 0 spiro atoms. The highest BCUT2D eigenvalue weighted by Gasteiger charge is 2.10. The molecule has 0 saturated carbocycles. The molecule has 1 aromatic heterocycles. The molecular formula is C10H7ClFNS. The Bertz CT molecular complexity index is 453. The van der Waals surface area contributed by atoms with Crippen LogP contribution in [0.3, 0.4) is 0 Å². The van der Waals surface area contributed by atoms with Crippen molar-refractivity contribution in [3.05, 3.63) is 39.4 Å². The monoisotopic (exact) mass is 227 g/mol. The van der Waals surface area contributed by atoms with Gasteiger partial charge in [0.15, 0.2) is 0 Å². The number of rotatable bonds is 1. The molecule has 0 unspecified atom stereocenters. The van der Waals surface area contributed by atoms with E-state index in [0.717, 1.165) is 11.3 Å². The molecule has 0 fully saturated rings. The third-order valence-electron chi connectivity index (χ3n) is 2.05. The minimum absolute atomic E-state index is 0.154. The van der Waals surface area contributed by atoms with E-state index in [-0.39, 0.29) is 10.8 Å². The van der Waals surface area contributed by atoms with Crippen molar-refractivity contribution in [2.45, 2.75) is 6.92 Å². The zero-order chi connectivity index (χ0) is 10.1. The third-order valence-corrected chi connectivity index (χ3v) is 2.93. The molecular weight excluding hydrogens is 221 g/mol. The van der Waals surface area contributed by atoms with Crippen molar-refractivity contribution in [1.29, 1.82) is 0 Å². The summed E-state index contributed by atoms with van der Waals surface area (Å²) >= 11 is 7.14. The van der Waals surface area contributed by atoms with Gasteiger partial charge in [0.25, 0.3) is 0 Å². The van der Waals surface area contributed by atoms with E-state index >= 15 is 0 Å². The second-order valence-electron chi connectivity index (χ2n) is 2.91. The molecule has 14 heavy (non-hydrogen) atoms. The van der Waals surface area contributed by atoms with Crippen molar-refractivity contribution in [2.75, 3.05) is 0 Å². The number of halogens is 2. The molecule has 4 heteroatoms. The normalized spacial score (nSPS) is 10.5.